The van der Waals surface area contributed by atoms with Gasteiger partial charge < -0.3 is 10.2 Å². The molecule has 0 aromatic carbocycles. The first-order valence-electron chi connectivity index (χ1n) is 7.65. The molecule has 5 heteroatoms. The van der Waals surface area contributed by atoms with Crippen molar-refractivity contribution < 1.29 is 0 Å². The standard InChI is InChI=1S/C15H23N5/c1-2-3-10-19(12-13-5-4-7-16-13)15-14-6-8-18-20(14)11-9-17-15/h6,8-9,11,13,16H,2-5,7,10,12H2,1H3. The van der Waals surface area contributed by atoms with E-state index in [0.717, 1.165) is 31.0 Å². The van der Waals surface area contributed by atoms with Crippen molar-refractivity contribution in [3.63, 3.8) is 0 Å². The maximum Gasteiger partial charge on any atom is 0.154 e. The number of aromatic nitrogens is 3. The SMILES string of the molecule is CCCCN(CC1CCCN1)c1nccn2nccc12. The molecule has 1 aliphatic rings. The second-order valence-electron chi connectivity index (χ2n) is 5.50. The predicted octanol–water partition coefficient (Wildman–Crippen LogP) is 2.09. The highest BCUT2D eigenvalue weighted by atomic mass is 15.3. The average Bonchev–Trinajstić information content (AvgIpc) is 3.13. The fourth-order valence-corrected chi connectivity index (χ4v) is 2.90. The molecule has 20 heavy (non-hydrogen) atoms. The molecule has 1 N–H and O–H groups in total. The van der Waals surface area contributed by atoms with Gasteiger partial charge in [-0.3, -0.25) is 0 Å². The lowest BCUT2D eigenvalue weighted by molar-refractivity contribution is 0.569. The Morgan fingerprint density at radius 2 is 2.40 bits per heavy atom. The van der Waals surface area contributed by atoms with Gasteiger partial charge in [-0.25, -0.2) is 9.50 Å². The largest absolute Gasteiger partial charge is 0.353 e. The molecule has 1 saturated heterocycles. The molecular formula is C15H23N5. The van der Waals surface area contributed by atoms with Crippen molar-refractivity contribution >= 4 is 11.3 Å². The molecule has 2 aromatic rings. The van der Waals surface area contributed by atoms with Crippen molar-refractivity contribution in [2.24, 2.45) is 0 Å². The Bertz CT molecular complexity index is 544. The summed E-state index contributed by atoms with van der Waals surface area (Å²) in [5.41, 5.74) is 1.10. The molecule has 108 valence electrons. The number of hydrogen-bond donors (Lipinski definition) is 1. The summed E-state index contributed by atoms with van der Waals surface area (Å²) in [6.45, 7) is 5.49. The van der Waals surface area contributed by atoms with Crippen molar-refractivity contribution in [3.05, 3.63) is 24.7 Å². The maximum absolute atomic E-state index is 4.61. The van der Waals surface area contributed by atoms with E-state index in [2.05, 4.69) is 27.2 Å². The van der Waals surface area contributed by atoms with E-state index in [4.69, 9.17) is 0 Å². The second kappa shape index (κ2) is 6.22. The monoisotopic (exact) mass is 273 g/mol. The van der Waals surface area contributed by atoms with Gasteiger partial charge in [0, 0.05) is 31.5 Å². The summed E-state index contributed by atoms with van der Waals surface area (Å²) in [6, 6.07) is 2.64. The van der Waals surface area contributed by atoms with Gasteiger partial charge in [-0.15, -0.1) is 0 Å². The van der Waals surface area contributed by atoms with Crippen LogP contribution in [0.2, 0.25) is 0 Å². The summed E-state index contributed by atoms with van der Waals surface area (Å²) in [7, 11) is 0. The van der Waals surface area contributed by atoms with Gasteiger partial charge in [-0.05, 0) is 31.9 Å². The van der Waals surface area contributed by atoms with E-state index in [0.29, 0.717) is 6.04 Å². The van der Waals surface area contributed by atoms with Gasteiger partial charge in [0.2, 0.25) is 0 Å². The molecule has 0 saturated carbocycles. The topological polar surface area (TPSA) is 45.5 Å². The van der Waals surface area contributed by atoms with Crippen LogP contribution in [0.5, 0.6) is 0 Å². The van der Waals surface area contributed by atoms with Crippen molar-refractivity contribution in [1.29, 1.82) is 0 Å². The van der Waals surface area contributed by atoms with Gasteiger partial charge >= 0.3 is 0 Å². The van der Waals surface area contributed by atoms with Crippen molar-refractivity contribution in [1.82, 2.24) is 19.9 Å². The molecule has 5 nitrogen and oxygen atoms in total. The minimum absolute atomic E-state index is 0.594. The van der Waals surface area contributed by atoms with E-state index in [9.17, 15) is 0 Å². The maximum atomic E-state index is 4.61. The summed E-state index contributed by atoms with van der Waals surface area (Å²) in [6.07, 6.45) is 10.6. The molecule has 3 heterocycles. The Morgan fingerprint density at radius 3 is 3.20 bits per heavy atom. The molecule has 1 fully saturated rings. The number of nitrogens with one attached hydrogen (secondary N) is 1. The summed E-state index contributed by atoms with van der Waals surface area (Å²) in [5, 5.41) is 7.89. The van der Waals surface area contributed by atoms with E-state index >= 15 is 0 Å². The van der Waals surface area contributed by atoms with Gasteiger partial charge in [-0.2, -0.15) is 5.10 Å². The first kappa shape index (κ1) is 13.4. The highest BCUT2D eigenvalue weighted by Gasteiger charge is 2.20. The van der Waals surface area contributed by atoms with Crippen LogP contribution in [0.15, 0.2) is 24.7 Å². The number of anilines is 1. The third-order valence-electron chi connectivity index (χ3n) is 3.99. The number of hydrogen-bond acceptors (Lipinski definition) is 4. The third kappa shape index (κ3) is 2.77. The van der Waals surface area contributed by atoms with E-state index in [1.54, 1.807) is 0 Å². The second-order valence-corrected chi connectivity index (χ2v) is 5.50. The normalized spacial score (nSPS) is 18.8. The van der Waals surface area contributed by atoms with Crippen molar-refractivity contribution in [2.45, 2.75) is 38.6 Å². The zero-order valence-electron chi connectivity index (χ0n) is 12.1. The minimum atomic E-state index is 0.594. The lowest BCUT2D eigenvalue weighted by atomic mass is 10.2. The number of rotatable bonds is 6. The van der Waals surface area contributed by atoms with E-state index in [1.807, 2.05) is 29.2 Å². The lowest BCUT2D eigenvalue weighted by Crippen LogP contribution is -2.38. The van der Waals surface area contributed by atoms with Gasteiger partial charge in [0.05, 0.1) is 6.20 Å². The van der Waals surface area contributed by atoms with Crippen LogP contribution in [0.1, 0.15) is 32.6 Å². The molecular weight excluding hydrogens is 250 g/mol. The van der Waals surface area contributed by atoms with Crippen molar-refractivity contribution in [2.75, 3.05) is 24.5 Å². The van der Waals surface area contributed by atoms with Crippen LogP contribution in [-0.2, 0) is 0 Å². The van der Waals surface area contributed by atoms with Crippen LogP contribution < -0.4 is 10.2 Å². The van der Waals surface area contributed by atoms with Crippen LogP contribution in [0.3, 0.4) is 0 Å². The summed E-state index contributed by atoms with van der Waals surface area (Å²) in [5.74, 6) is 1.06. The third-order valence-corrected chi connectivity index (χ3v) is 3.99. The predicted molar refractivity (Wildman–Crippen MR) is 81.1 cm³/mol. The zero-order chi connectivity index (χ0) is 13.8. The molecule has 1 unspecified atom stereocenters. The molecule has 1 atom stereocenters. The number of unbranched alkanes of at least 4 members (excludes halogenated alkanes) is 1. The van der Waals surface area contributed by atoms with Gasteiger partial charge in [0.1, 0.15) is 5.52 Å². The molecule has 2 aromatic heterocycles. The molecule has 0 spiro atoms. The molecule has 0 aliphatic carbocycles. The summed E-state index contributed by atoms with van der Waals surface area (Å²) in [4.78, 5) is 7.03. The molecule has 0 bridgehead atoms. The van der Waals surface area contributed by atoms with Gasteiger partial charge in [0.25, 0.3) is 0 Å². The summed E-state index contributed by atoms with van der Waals surface area (Å²) >= 11 is 0. The van der Waals surface area contributed by atoms with E-state index < -0.39 is 0 Å². The summed E-state index contributed by atoms with van der Waals surface area (Å²) < 4.78 is 1.91. The Balaban J connectivity index is 1.84. The molecule has 3 rings (SSSR count). The Kier molecular flexibility index (Phi) is 4.16. The van der Waals surface area contributed by atoms with Crippen LogP contribution >= 0.6 is 0 Å². The minimum Gasteiger partial charge on any atom is -0.353 e. The van der Waals surface area contributed by atoms with Crippen LogP contribution in [0.25, 0.3) is 5.52 Å². The van der Waals surface area contributed by atoms with Crippen molar-refractivity contribution in [3.8, 4) is 0 Å². The van der Waals surface area contributed by atoms with Crippen LogP contribution in [0, 0.1) is 0 Å². The fourth-order valence-electron chi connectivity index (χ4n) is 2.90. The highest BCUT2D eigenvalue weighted by molar-refractivity contribution is 5.68. The van der Waals surface area contributed by atoms with Crippen LogP contribution in [0.4, 0.5) is 5.82 Å². The molecule has 0 radical (unpaired) electrons. The van der Waals surface area contributed by atoms with E-state index in [1.165, 1.54) is 25.7 Å². The molecule has 0 amide bonds. The Morgan fingerprint density at radius 1 is 1.45 bits per heavy atom. The molecule has 1 aliphatic heterocycles. The Labute approximate surface area is 120 Å². The zero-order valence-corrected chi connectivity index (χ0v) is 12.1. The van der Waals surface area contributed by atoms with E-state index in [-0.39, 0.29) is 0 Å². The quantitative estimate of drug-likeness (QED) is 0.875. The fraction of sp³-hybridized carbons (Fsp3) is 0.600. The number of nitrogens with zero attached hydrogens (tertiary/aromatic N) is 4. The van der Waals surface area contributed by atoms with Gasteiger partial charge in [-0.1, -0.05) is 13.3 Å². The highest BCUT2D eigenvalue weighted by Crippen LogP contribution is 2.20. The number of fused-ring (bicyclic) bond motifs is 1. The van der Waals surface area contributed by atoms with Crippen LogP contribution in [-0.4, -0.2) is 40.3 Å². The Hall–Kier alpha value is -1.62. The average molecular weight is 273 g/mol. The first-order valence-corrected chi connectivity index (χ1v) is 7.65. The lowest BCUT2D eigenvalue weighted by Gasteiger charge is -2.27. The first-order chi connectivity index (χ1) is 9.88. The van der Waals surface area contributed by atoms with Gasteiger partial charge in [0.15, 0.2) is 5.82 Å². The smallest absolute Gasteiger partial charge is 0.154 e.